The second kappa shape index (κ2) is 6.26. The fourth-order valence-corrected chi connectivity index (χ4v) is 7.91. The Labute approximate surface area is 89.9 Å². The van der Waals surface area contributed by atoms with Gasteiger partial charge in [-0.3, -0.25) is 0 Å². The molecule has 0 aliphatic heterocycles. The van der Waals surface area contributed by atoms with Crippen LogP contribution in [0.2, 0.25) is 26.1 Å². The second-order valence-corrected chi connectivity index (χ2v) is 24.5. The molecule has 2 heteroatoms. The molecule has 0 rings (SSSR count). The van der Waals surface area contributed by atoms with Gasteiger partial charge in [0.1, 0.15) is 0 Å². The molecule has 0 saturated heterocycles. The summed E-state index contributed by atoms with van der Waals surface area (Å²) in [7, 11) is 0. The molecule has 0 saturated carbocycles. The zero-order valence-corrected chi connectivity index (χ0v) is 14.2. The summed E-state index contributed by atoms with van der Waals surface area (Å²) in [5.41, 5.74) is 1.75. The fourth-order valence-electron chi connectivity index (χ4n) is 1.88. The molecule has 0 aromatic rings. The van der Waals surface area contributed by atoms with Gasteiger partial charge >= 0.3 is 90.3 Å². The Kier molecular flexibility index (Phi) is 6.61. The van der Waals surface area contributed by atoms with Crippen molar-refractivity contribution in [3.8, 4) is 0 Å². The molecule has 0 aromatic heterocycles. The van der Waals surface area contributed by atoms with E-state index in [1.807, 2.05) is 0 Å². The van der Waals surface area contributed by atoms with E-state index in [9.17, 15) is 0 Å². The molecule has 0 aliphatic rings. The molecule has 0 bridgehead atoms. The van der Waals surface area contributed by atoms with Crippen LogP contribution in [0.15, 0.2) is 9.11 Å². The molecule has 0 aliphatic carbocycles. The van der Waals surface area contributed by atoms with Crippen molar-refractivity contribution in [1.29, 1.82) is 0 Å². The summed E-state index contributed by atoms with van der Waals surface area (Å²) in [6.07, 6.45) is 3.91. The number of allylic oxidation sites excluding steroid dienone is 1. The third kappa shape index (κ3) is 5.92. The van der Waals surface area contributed by atoms with Crippen molar-refractivity contribution >= 4 is 27.9 Å². The molecule has 0 radical (unpaired) electrons. The SMILES string of the molecule is CCB(CC)/C(=[CH]\[Pb]([CH3])([CH3])[CH3])CC. The molecule has 13 heavy (non-hydrogen) atoms. The summed E-state index contributed by atoms with van der Waals surface area (Å²) < 4.78 is 10.2. The molecule has 0 nitrogen and oxygen atoms in total. The van der Waals surface area contributed by atoms with E-state index in [1.54, 1.807) is 5.47 Å². The predicted octanol–water partition coefficient (Wildman–Crippen LogP) is 4.27. The summed E-state index contributed by atoms with van der Waals surface area (Å²) in [5, 5.41) is 0. The number of hydrogen-bond donors (Lipinski definition) is 0. The van der Waals surface area contributed by atoms with Gasteiger partial charge in [-0.2, -0.15) is 0 Å². The van der Waals surface area contributed by atoms with Crippen LogP contribution in [0.25, 0.3) is 0 Å². The molecule has 76 valence electrons. The molecule has 0 spiro atoms. The first kappa shape index (κ1) is 13.7. The molecule has 0 aromatic carbocycles. The quantitative estimate of drug-likeness (QED) is 0.630. The maximum absolute atomic E-state index is 2.69. The molecule has 0 heterocycles. The van der Waals surface area contributed by atoms with Gasteiger partial charge in [0.05, 0.1) is 0 Å². The molecule has 0 N–H and O–H groups in total. The van der Waals surface area contributed by atoms with E-state index in [0.29, 0.717) is 0 Å². The van der Waals surface area contributed by atoms with Gasteiger partial charge in [-0.25, -0.2) is 0 Å². The van der Waals surface area contributed by atoms with E-state index in [2.05, 4.69) is 37.9 Å². The Morgan fingerprint density at radius 2 is 1.54 bits per heavy atom. The van der Waals surface area contributed by atoms with Crippen molar-refractivity contribution in [2.45, 2.75) is 53.3 Å². The van der Waals surface area contributed by atoms with Crippen LogP contribution < -0.4 is 0 Å². The molecule has 0 fully saturated rings. The van der Waals surface area contributed by atoms with Crippen molar-refractivity contribution in [3.05, 3.63) is 9.11 Å². The van der Waals surface area contributed by atoms with Gasteiger partial charge in [0, 0.05) is 0 Å². The van der Waals surface area contributed by atoms with Gasteiger partial charge in [0.25, 0.3) is 0 Å². The third-order valence-electron chi connectivity index (χ3n) is 2.54. The van der Waals surface area contributed by atoms with Crippen LogP contribution in [0.5, 0.6) is 0 Å². The second-order valence-electron chi connectivity index (χ2n) is 4.95. The first-order valence-electron chi connectivity index (χ1n) is 5.66. The van der Waals surface area contributed by atoms with Crippen molar-refractivity contribution < 1.29 is 0 Å². The van der Waals surface area contributed by atoms with Crippen LogP contribution in [0, 0.1) is 0 Å². The number of hydrogen-bond acceptors (Lipinski definition) is 0. The molecular formula is C11H25BPb. The first-order chi connectivity index (χ1) is 5.94. The van der Waals surface area contributed by atoms with Crippen molar-refractivity contribution in [2.24, 2.45) is 0 Å². The van der Waals surface area contributed by atoms with Crippen LogP contribution in [-0.4, -0.2) is 27.9 Å². The van der Waals surface area contributed by atoms with Gasteiger partial charge < -0.3 is 0 Å². The normalized spacial score (nSPS) is 13.2. The molecule has 0 atom stereocenters. The van der Waals surface area contributed by atoms with E-state index in [-0.39, 0.29) is 0 Å². The topological polar surface area (TPSA) is 0 Å². The standard InChI is InChI=1S/C8H16B.3CH3.Pb/c1-5-8(4)9(6-2)7-3;;;;/h4H,5-7H2,1-3H3;3*1H3;. The Bertz CT molecular complexity index is 163. The van der Waals surface area contributed by atoms with E-state index < -0.39 is 21.2 Å². The Hall–Kier alpha value is 0.727. The van der Waals surface area contributed by atoms with E-state index in [1.165, 1.54) is 19.1 Å². The summed E-state index contributed by atoms with van der Waals surface area (Å²) in [6.45, 7) is 7.81. The minimum atomic E-state index is -1.80. The van der Waals surface area contributed by atoms with Crippen LogP contribution in [-0.2, 0) is 0 Å². The third-order valence-corrected chi connectivity index (χ3v) is 7.34. The average molecular weight is 375 g/mol. The summed E-state index contributed by atoms with van der Waals surface area (Å²) in [5.74, 6) is 0. The Balaban J connectivity index is 4.57. The van der Waals surface area contributed by atoms with Crippen LogP contribution >= 0.6 is 0 Å². The molecule has 0 amide bonds. The molecular weight excluding hydrogens is 350 g/mol. The van der Waals surface area contributed by atoms with Gasteiger partial charge in [0.2, 0.25) is 0 Å². The number of rotatable bonds is 5. The minimum absolute atomic E-state index is 0.865. The zero-order valence-electron chi connectivity index (χ0n) is 10.3. The Morgan fingerprint density at radius 1 is 1.08 bits per heavy atom. The fraction of sp³-hybridized carbons (Fsp3) is 0.818. The van der Waals surface area contributed by atoms with Crippen LogP contribution in [0.1, 0.15) is 27.2 Å². The van der Waals surface area contributed by atoms with Crippen molar-refractivity contribution in [1.82, 2.24) is 0 Å². The summed E-state index contributed by atoms with van der Waals surface area (Å²) in [4.78, 5) is 0. The average Bonchev–Trinajstić information content (AvgIpc) is 2.02. The monoisotopic (exact) mass is 376 g/mol. The van der Waals surface area contributed by atoms with Gasteiger partial charge in [-0.15, -0.1) is 0 Å². The van der Waals surface area contributed by atoms with Crippen molar-refractivity contribution in [3.63, 3.8) is 0 Å². The maximum atomic E-state index is 2.69. The van der Waals surface area contributed by atoms with E-state index in [4.69, 9.17) is 0 Å². The van der Waals surface area contributed by atoms with Gasteiger partial charge in [-0.05, 0) is 0 Å². The Morgan fingerprint density at radius 3 is 1.77 bits per heavy atom. The zero-order chi connectivity index (χ0) is 10.5. The molecule has 0 unspecified atom stereocenters. The van der Waals surface area contributed by atoms with E-state index in [0.717, 1.165) is 6.71 Å². The van der Waals surface area contributed by atoms with Crippen LogP contribution in [0.4, 0.5) is 0 Å². The van der Waals surface area contributed by atoms with Gasteiger partial charge in [0.15, 0.2) is 0 Å². The predicted molar refractivity (Wildman–Crippen MR) is 68.4 cm³/mol. The van der Waals surface area contributed by atoms with Gasteiger partial charge in [-0.1, -0.05) is 0 Å². The van der Waals surface area contributed by atoms with E-state index >= 15 is 0 Å². The van der Waals surface area contributed by atoms with Crippen LogP contribution in [0.3, 0.4) is 0 Å². The summed E-state index contributed by atoms with van der Waals surface area (Å²) >= 11 is -1.80. The first-order valence-corrected chi connectivity index (χ1v) is 19.6. The van der Waals surface area contributed by atoms with Crippen molar-refractivity contribution in [2.75, 3.05) is 0 Å². The summed E-state index contributed by atoms with van der Waals surface area (Å²) in [6, 6.07) is 0.